The van der Waals surface area contributed by atoms with E-state index in [4.69, 9.17) is 13.3 Å². The van der Waals surface area contributed by atoms with Gasteiger partial charge >= 0.3 is 8.80 Å². The van der Waals surface area contributed by atoms with Gasteiger partial charge in [-0.2, -0.15) is 0 Å². The average molecular weight is 329 g/mol. The molecule has 2 unspecified atom stereocenters. The fraction of sp³-hybridized carbons (Fsp3) is 0.889. The van der Waals surface area contributed by atoms with Crippen molar-refractivity contribution >= 4 is 8.80 Å². The minimum Gasteiger partial charge on any atom is -0.373 e. The smallest absolute Gasteiger partial charge is 0.373 e. The second kappa shape index (κ2) is 11.4. The van der Waals surface area contributed by atoms with Crippen LogP contribution in [-0.4, -0.2) is 28.6 Å². The van der Waals surface area contributed by atoms with E-state index < -0.39 is 8.80 Å². The van der Waals surface area contributed by atoms with Crippen LogP contribution in [0.5, 0.6) is 0 Å². The normalized spacial score (nSPS) is 23.3. The van der Waals surface area contributed by atoms with Gasteiger partial charge in [0.15, 0.2) is 0 Å². The predicted octanol–water partition coefficient (Wildman–Crippen LogP) is 5.34. The fourth-order valence-electron chi connectivity index (χ4n) is 3.21. The highest BCUT2D eigenvalue weighted by atomic mass is 28.4. The molecule has 0 aromatic rings. The first-order chi connectivity index (χ1) is 10.7. The molecular weight excluding hydrogens is 292 g/mol. The van der Waals surface area contributed by atoms with Crippen LogP contribution < -0.4 is 0 Å². The summed E-state index contributed by atoms with van der Waals surface area (Å²) in [6.45, 7) is 10.8. The summed E-state index contributed by atoms with van der Waals surface area (Å²) in [4.78, 5) is 0. The van der Waals surface area contributed by atoms with Crippen molar-refractivity contribution in [3.05, 3.63) is 12.2 Å². The van der Waals surface area contributed by atoms with Gasteiger partial charge in [0.25, 0.3) is 0 Å². The van der Waals surface area contributed by atoms with Gasteiger partial charge in [-0.05, 0) is 51.4 Å². The summed E-state index contributed by atoms with van der Waals surface area (Å²) in [5.41, 5.74) is 0.465. The lowest BCUT2D eigenvalue weighted by Crippen LogP contribution is -2.52. The zero-order chi connectivity index (χ0) is 16.3. The number of hydrogen-bond donors (Lipinski definition) is 0. The van der Waals surface area contributed by atoms with E-state index in [1.807, 2.05) is 0 Å². The van der Waals surface area contributed by atoms with Gasteiger partial charge in [0.2, 0.25) is 0 Å². The molecule has 0 amide bonds. The van der Waals surface area contributed by atoms with Crippen LogP contribution in [0, 0.1) is 5.92 Å². The second-order valence-electron chi connectivity index (χ2n) is 6.30. The Morgan fingerprint density at radius 2 is 1.45 bits per heavy atom. The van der Waals surface area contributed by atoms with Gasteiger partial charge in [-0.25, -0.2) is 0 Å². The van der Waals surface area contributed by atoms with E-state index >= 15 is 0 Å². The van der Waals surface area contributed by atoms with Crippen molar-refractivity contribution < 1.29 is 13.3 Å². The molecule has 0 heterocycles. The molecule has 0 saturated heterocycles. The molecule has 0 bridgehead atoms. The first kappa shape index (κ1) is 19.9. The van der Waals surface area contributed by atoms with E-state index in [0.717, 1.165) is 45.5 Å². The zero-order valence-corrected chi connectivity index (χ0v) is 16.1. The van der Waals surface area contributed by atoms with Gasteiger partial charge in [-0.15, -0.1) is 0 Å². The Labute approximate surface area is 138 Å². The summed E-state index contributed by atoms with van der Waals surface area (Å²) < 4.78 is 19.0. The molecule has 4 heteroatoms. The third kappa shape index (κ3) is 6.15. The fourth-order valence-corrected chi connectivity index (χ4v) is 6.78. The quantitative estimate of drug-likeness (QED) is 0.378. The molecule has 0 aromatic heterocycles. The maximum Gasteiger partial charge on any atom is 0.504 e. The van der Waals surface area contributed by atoms with Crippen molar-refractivity contribution in [2.75, 3.05) is 19.8 Å². The van der Waals surface area contributed by atoms with E-state index in [2.05, 4.69) is 39.8 Å². The first-order valence-corrected chi connectivity index (χ1v) is 11.1. The Bertz CT molecular complexity index is 285. The van der Waals surface area contributed by atoms with Gasteiger partial charge in [0.05, 0.1) is 0 Å². The SMILES string of the molecule is CC=CC1CCCC([Si](OCCC)(OCCC)OCCC)C1. The summed E-state index contributed by atoms with van der Waals surface area (Å²) in [5.74, 6) is 0.663. The topological polar surface area (TPSA) is 27.7 Å². The van der Waals surface area contributed by atoms with Crippen LogP contribution in [0.15, 0.2) is 12.2 Å². The monoisotopic (exact) mass is 328 g/mol. The molecular formula is C18H36O3Si. The number of allylic oxidation sites excluding steroid dienone is 2. The van der Waals surface area contributed by atoms with Crippen molar-refractivity contribution in [3.8, 4) is 0 Å². The molecule has 1 saturated carbocycles. The molecule has 3 nitrogen and oxygen atoms in total. The summed E-state index contributed by atoms with van der Waals surface area (Å²) in [6, 6.07) is 0. The van der Waals surface area contributed by atoms with E-state index in [-0.39, 0.29) is 0 Å². The van der Waals surface area contributed by atoms with Crippen molar-refractivity contribution in [1.82, 2.24) is 0 Å². The number of rotatable bonds is 11. The van der Waals surface area contributed by atoms with Crippen LogP contribution in [0.3, 0.4) is 0 Å². The van der Waals surface area contributed by atoms with Crippen molar-refractivity contribution in [2.45, 2.75) is 78.2 Å². The third-order valence-corrected chi connectivity index (χ3v) is 7.55. The van der Waals surface area contributed by atoms with Gasteiger partial charge in [0.1, 0.15) is 0 Å². The molecule has 0 N–H and O–H groups in total. The Morgan fingerprint density at radius 1 is 0.909 bits per heavy atom. The van der Waals surface area contributed by atoms with Crippen LogP contribution in [0.4, 0.5) is 0 Å². The van der Waals surface area contributed by atoms with Crippen molar-refractivity contribution in [1.29, 1.82) is 0 Å². The minimum absolute atomic E-state index is 0.465. The number of hydrogen-bond acceptors (Lipinski definition) is 3. The van der Waals surface area contributed by atoms with Crippen LogP contribution in [-0.2, 0) is 13.3 Å². The van der Waals surface area contributed by atoms with Gasteiger partial charge in [0, 0.05) is 25.4 Å². The van der Waals surface area contributed by atoms with Crippen molar-refractivity contribution in [2.24, 2.45) is 5.92 Å². The van der Waals surface area contributed by atoms with E-state index in [9.17, 15) is 0 Å². The molecule has 0 spiro atoms. The predicted molar refractivity (Wildman–Crippen MR) is 95.0 cm³/mol. The Hall–Kier alpha value is -0.163. The largest absolute Gasteiger partial charge is 0.504 e. The molecule has 1 aliphatic carbocycles. The van der Waals surface area contributed by atoms with Crippen LogP contribution in [0.25, 0.3) is 0 Å². The van der Waals surface area contributed by atoms with Gasteiger partial charge in [-0.1, -0.05) is 39.3 Å². The Kier molecular flexibility index (Phi) is 10.3. The molecule has 1 fully saturated rings. The lowest BCUT2D eigenvalue weighted by atomic mass is 9.88. The Morgan fingerprint density at radius 3 is 1.91 bits per heavy atom. The van der Waals surface area contributed by atoms with Gasteiger partial charge < -0.3 is 13.3 Å². The standard InChI is InChI=1S/C18H36O3Si/c1-5-10-17-11-9-12-18(16-17)22(19-13-6-2,20-14-7-3)21-15-8-4/h5,10,17-18H,6-9,11-16H2,1-4H3. The lowest BCUT2D eigenvalue weighted by Gasteiger charge is -2.39. The second-order valence-corrected chi connectivity index (χ2v) is 9.19. The maximum atomic E-state index is 6.32. The zero-order valence-electron chi connectivity index (χ0n) is 15.1. The third-order valence-electron chi connectivity index (χ3n) is 4.20. The average Bonchev–Trinajstić information content (AvgIpc) is 2.55. The van der Waals surface area contributed by atoms with Gasteiger partial charge in [-0.3, -0.25) is 0 Å². The van der Waals surface area contributed by atoms with Crippen LogP contribution in [0.1, 0.15) is 72.6 Å². The molecule has 2 atom stereocenters. The van der Waals surface area contributed by atoms with E-state index in [1.165, 1.54) is 19.3 Å². The van der Waals surface area contributed by atoms with Crippen LogP contribution in [0.2, 0.25) is 5.54 Å². The highest BCUT2D eigenvalue weighted by molar-refractivity contribution is 6.62. The molecule has 1 rings (SSSR count). The highest BCUT2D eigenvalue weighted by Gasteiger charge is 2.50. The lowest BCUT2D eigenvalue weighted by molar-refractivity contribution is 0.0432. The van der Waals surface area contributed by atoms with Crippen LogP contribution >= 0.6 is 0 Å². The van der Waals surface area contributed by atoms with E-state index in [0.29, 0.717) is 11.5 Å². The first-order valence-electron chi connectivity index (χ1n) is 9.27. The summed E-state index contributed by atoms with van der Waals surface area (Å²) >= 11 is 0. The summed E-state index contributed by atoms with van der Waals surface area (Å²) in [7, 11) is -2.56. The molecule has 0 radical (unpaired) electrons. The molecule has 0 aliphatic heterocycles. The molecule has 22 heavy (non-hydrogen) atoms. The summed E-state index contributed by atoms with van der Waals surface area (Å²) in [6.07, 6.45) is 12.5. The molecule has 0 aromatic carbocycles. The minimum atomic E-state index is -2.56. The summed E-state index contributed by atoms with van der Waals surface area (Å²) in [5, 5.41) is 0. The van der Waals surface area contributed by atoms with E-state index in [1.54, 1.807) is 0 Å². The molecule has 1 aliphatic rings. The Balaban J connectivity index is 2.86. The van der Waals surface area contributed by atoms with Crippen molar-refractivity contribution in [3.63, 3.8) is 0 Å². The molecule has 130 valence electrons. The highest BCUT2D eigenvalue weighted by Crippen LogP contribution is 2.42. The maximum absolute atomic E-state index is 6.32.